The monoisotopic (exact) mass is 222 g/mol. The largest absolute Gasteiger partial charge is 2.00 e. The van der Waals surface area contributed by atoms with E-state index in [1.807, 2.05) is 12.2 Å². The fraction of sp³-hybridized carbons (Fsp3) is 0.385. The molecule has 14 heavy (non-hydrogen) atoms. The Kier molecular flexibility index (Phi) is 9.02. The predicted octanol–water partition coefficient (Wildman–Crippen LogP) is 4.00. The molecule has 0 aromatic carbocycles. The quantitative estimate of drug-likeness (QED) is 0.489. The van der Waals surface area contributed by atoms with E-state index in [0.29, 0.717) is 0 Å². The maximum atomic E-state index is 3.26. The zero-order valence-corrected chi connectivity index (χ0v) is 10.3. The van der Waals surface area contributed by atoms with Gasteiger partial charge in [-0.15, -0.1) is 12.8 Å². The Morgan fingerprint density at radius 3 is 2.57 bits per heavy atom. The van der Waals surface area contributed by atoms with Gasteiger partial charge < -0.3 is 2.85 Å². The minimum absolute atomic E-state index is 0. The third kappa shape index (κ3) is 6.18. The molecule has 0 unspecified atom stereocenters. The summed E-state index contributed by atoms with van der Waals surface area (Å²) in [5, 5.41) is 0. The zero-order valence-electron chi connectivity index (χ0n) is 10.7. The van der Waals surface area contributed by atoms with E-state index in [1.165, 1.54) is 18.4 Å². The molecule has 0 nitrogen and oxygen atoms in total. The second-order valence-electron chi connectivity index (χ2n) is 3.06. The van der Waals surface area contributed by atoms with E-state index >= 15 is 0 Å². The van der Waals surface area contributed by atoms with Gasteiger partial charge in [-0.1, -0.05) is 19.8 Å². The van der Waals surface area contributed by atoms with Crippen molar-refractivity contribution in [1.29, 1.82) is 0 Å². The molecular formula is C13H18Ti-2. The molecule has 0 atom stereocenters. The zero-order chi connectivity index (χ0) is 9.36. The number of rotatable bonds is 2. The SMILES string of the molecule is CCCC1=[C-]CC=C1.[C-]1=CC=CC1.[H-].[H-].[Ti+2]. The summed E-state index contributed by atoms with van der Waals surface area (Å²) < 4.78 is 0. The van der Waals surface area contributed by atoms with Crippen molar-refractivity contribution in [2.75, 3.05) is 0 Å². The standard InChI is InChI=1S/C8H11.C5H5.Ti.2H/c1-2-5-8-6-3-4-7-8;1-2-4-5-3-1;;;/h3,6H,2,4-5H2,1H3;1-3H,4H2;;;/q2*-1;+2;2*-1. The maximum Gasteiger partial charge on any atom is 2.00 e. The van der Waals surface area contributed by atoms with E-state index in [4.69, 9.17) is 0 Å². The first-order valence-corrected chi connectivity index (χ1v) is 4.91. The molecule has 1 heteroatoms. The van der Waals surface area contributed by atoms with Gasteiger partial charge in [-0.05, 0) is 0 Å². The molecule has 0 radical (unpaired) electrons. The number of hydrogen-bond acceptors (Lipinski definition) is 0. The minimum Gasteiger partial charge on any atom is -1.00 e. The van der Waals surface area contributed by atoms with E-state index in [-0.39, 0.29) is 24.6 Å². The summed E-state index contributed by atoms with van der Waals surface area (Å²) in [5.41, 5.74) is 1.40. The molecule has 0 aliphatic heterocycles. The van der Waals surface area contributed by atoms with Crippen molar-refractivity contribution in [3.63, 3.8) is 0 Å². The molecule has 2 aliphatic rings. The first-order valence-electron chi connectivity index (χ1n) is 4.91. The molecule has 0 heterocycles. The van der Waals surface area contributed by atoms with E-state index in [0.717, 1.165) is 12.8 Å². The fourth-order valence-corrected chi connectivity index (χ4v) is 1.23. The summed E-state index contributed by atoms with van der Waals surface area (Å²) in [5.74, 6) is 0. The van der Waals surface area contributed by atoms with Crippen LogP contribution in [0.2, 0.25) is 0 Å². The smallest absolute Gasteiger partial charge is 1.00 e. The Morgan fingerprint density at radius 2 is 2.21 bits per heavy atom. The van der Waals surface area contributed by atoms with Gasteiger partial charge in [0.1, 0.15) is 0 Å². The fourth-order valence-electron chi connectivity index (χ4n) is 1.23. The van der Waals surface area contributed by atoms with E-state index in [2.05, 4.69) is 37.3 Å². The molecule has 2 rings (SSSR count). The van der Waals surface area contributed by atoms with Gasteiger partial charge >= 0.3 is 21.7 Å². The molecule has 76 valence electrons. The minimum atomic E-state index is 0. The second kappa shape index (κ2) is 9.24. The van der Waals surface area contributed by atoms with Crippen molar-refractivity contribution >= 4 is 0 Å². The number of hydrogen-bond donors (Lipinski definition) is 0. The molecule has 0 amide bonds. The first-order chi connectivity index (χ1) is 6.43. The Hall–Kier alpha value is -0.326. The third-order valence-corrected chi connectivity index (χ3v) is 1.87. The van der Waals surface area contributed by atoms with Crippen molar-refractivity contribution in [3.8, 4) is 0 Å². The Bertz CT molecular complexity index is 243. The van der Waals surface area contributed by atoms with Gasteiger partial charge in [-0.25, -0.2) is 23.8 Å². The Labute approximate surface area is 105 Å². The Morgan fingerprint density at radius 1 is 1.36 bits per heavy atom. The van der Waals surface area contributed by atoms with E-state index in [9.17, 15) is 0 Å². The normalized spacial score (nSPS) is 15.9. The molecule has 0 N–H and O–H groups in total. The molecule has 0 bridgehead atoms. The average molecular weight is 222 g/mol. The molecule has 2 aliphatic carbocycles. The molecule has 0 saturated heterocycles. The average Bonchev–Trinajstić information content (AvgIpc) is 2.79. The first kappa shape index (κ1) is 13.7. The summed E-state index contributed by atoms with van der Waals surface area (Å²) in [7, 11) is 0. The van der Waals surface area contributed by atoms with Gasteiger partial charge in [0.15, 0.2) is 0 Å². The van der Waals surface area contributed by atoms with Gasteiger partial charge in [0.25, 0.3) is 0 Å². The van der Waals surface area contributed by atoms with Crippen LogP contribution in [-0.2, 0) is 21.7 Å². The van der Waals surface area contributed by atoms with Gasteiger partial charge in [-0.2, -0.15) is 12.2 Å². The summed E-state index contributed by atoms with van der Waals surface area (Å²) >= 11 is 0. The van der Waals surface area contributed by atoms with Crippen molar-refractivity contribution in [3.05, 3.63) is 48.1 Å². The van der Waals surface area contributed by atoms with Crippen molar-refractivity contribution in [2.45, 2.75) is 32.6 Å². The summed E-state index contributed by atoms with van der Waals surface area (Å²) in [4.78, 5) is 0. The topological polar surface area (TPSA) is 0 Å². The molecule has 0 aromatic heterocycles. The van der Waals surface area contributed by atoms with Gasteiger partial charge in [0.05, 0.1) is 0 Å². The van der Waals surface area contributed by atoms with Gasteiger partial charge in [0, 0.05) is 0 Å². The van der Waals surface area contributed by atoms with Crippen molar-refractivity contribution in [1.82, 2.24) is 0 Å². The molecule has 0 spiro atoms. The van der Waals surface area contributed by atoms with Crippen LogP contribution in [0.5, 0.6) is 0 Å². The van der Waals surface area contributed by atoms with Crippen molar-refractivity contribution in [2.24, 2.45) is 0 Å². The summed E-state index contributed by atoms with van der Waals surface area (Å²) in [6.45, 7) is 2.20. The van der Waals surface area contributed by atoms with Crippen LogP contribution in [-0.4, -0.2) is 0 Å². The summed E-state index contributed by atoms with van der Waals surface area (Å²) in [6, 6.07) is 0. The van der Waals surface area contributed by atoms with Crippen LogP contribution in [0.4, 0.5) is 0 Å². The molecule has 0 saturated carbocycles. The second-order valence-corrected chi connectivity index (χ2v) is 3.06. The third-order valence-electron chi connectivity index (χ3n) is 1.87. The van der Waals surface area contributed by atoms with E-state index < -0.39 is 0 Å². The van der Waals surface area contributed by atoms with Crippen LogP contribution in [0.3, 0.4) is 0 Å². The van der Waals surface area contributed by atoms with Gasteiger partial charge in [-0.3, -0.25) is 12.2 Å². The van der Waals surface area contributed by atoms with Crippen LogP contribution in [0.1, 0.15) is 35.5 Å². The predicted molar refractivity (Wildman–Crippen MR) is 59.2 cm³/mol. The van der Waals surface area contributed by atoms with E-state index in [1.54, 1.807) is 0 Å². The molecular weight excluding hydrogens is 204 g/mol. The van der Waals surface area contributed by atoms with Crippen LogP contribution in [0.25, 0.3) is 0 Å². The van der Waals surface area contributed by atoms with Crippen molar-refractivity contribution < 1.29 is 24.6 Å². The molecule has 0 aromatic rings. The van der Waals surface area contributed by atoms with Crippen LogP contribution >= 0.6 is 0 Å². The van der Waals surface area contributed by atoms with Gasteiger partial charge in [0.2, 0.25) is 0 Å². The van der Waals surface area contributed by atoms with Crippen LogP contribution in [0, 0.1) is 12.2 Å². The summed E-state index contributed by atoms with van der Waals surface area (Å²) in [6.07, 6.45) is 21.1. The van der Waals surface area contributed by atoms with Crippen LogP contribution in [0.15, 0.2) is 36.0 Å². The maximum absolute atomic E-state index is 3.26. The Balaban J connectivity index is -0.000000189. The van der Waals surface area contributed by atoms with Crippen LogP contribution < -0.4 is 0 Å². The molecule has 0 fully saturated rings. The number of allylic oxidation sites excluding steroid dienone is 8.